The Labute approximate surface area is 129 Å². The molecule has 0 fully saturated rings. The highest BCUT2D eigenvalue weighted by Gasteiger charge is 2.09. The molecule has 1 aromatic carbocycles. The highest BCUT2D eigenvalue weighted by atomic mass is 35.5. The van der Waals surface area contributed by atoms with E-state index in [0.29, 0.717) is 11.3 Å². The number of aryl methyl sites for hydroxylation is 3. The smallest absolute Gasteiger partial charge is 0.178 e. The predicted molar refractivity (Wildman–Crippen MR) is 82.6 cm³/mol. The van der Waals surface area contributed by atoms with Crippen molar-refractivity contribution in [3.63, 3.8) is 0 Å². The largest absolute Gasteiger partial charge is 0.331 e. The van der Waals surface area contributed by atoms with E-state index in [4.69, 9.17) is 23.8 Å². The van der Waals surface area contributed by atoms with E-state index in [0.717, 1.165) is 28.2 Å². The highest BCUT2D eigenvalue weighted by Crippen LogP contribution is 2.23. The first-order valence-electron chi connectivity index (χ1n) is 6.03. The minimum atomic E-state index is -0.439. The summed E-state index contributed by atoms with van der Waals surface area (Å²) in [6.07, 6.45) is 0.760. The second kappa shape index (κ2) is 5.27. The van der Waals surface area contributed by atoms with Crippen molar-refractivity contribution in [2.75, 3.05) is 0 Å². The minimum absolute atomic E-state index is 0.0935. The number of rotatable bonds is 3. The maximum atomic E-state index is 13.6. The van der Waals surface area contributed by atoms with Crippen molar-refractivity contribution in [1.29, 1.82) is 0 Å². The number of H-pyrrole nitrogens is 1. The molecule has 0 spiro atoms. The first kappa shape index (κ1) is 13.7. The second-order valence-corrected chi connectivity index (χ2v) is 6.33. The lowest BCUT2D eigenvalue weighted by molar-refractivity contribution is 0.627. The van der Waals surface area contributed by atoms with Gasteiger partial charge in [0.05, 0.1) is 26.8 Å². The summed E-state index contributed by atoms with van der Waals surface area (Å²) < 4.78 is 16.0. The SMILES string of the molecule is Cc1nc(CCn2c(=S)[nH]c3cc(Cl)c(F)cc32)cs1. The van der Waals surface area contributed by atoms with Crippen LogP contribution in [0.3, 0.4) is 0 Å². The van der Waals surface area contributed by atoms with Crippen LogP contribution in [0.2, 0.25) is 5.02 Å². The van der Waals surface area contributed by atoms with E-state index in [1.54, 1.807) is 17.4 Å². The molecule has 104 valence electrons. The maximum Gasteiger partial charge on any atom is 0.178 e. The zero-order chi connectivity index (χ0) is 14.3. The molecule has 7 heteroatoms. The molecule has 0 bridgehead atoms. The molecular formula is C13H11ClFN3S2. The molecule has 3 nitrogen and oxygen atoms in total. The lowest BCUT2D eigenvalue weighted by Gasteiger charge is -2.03. The number of nitrogens with one attached hydrogen (secondary N) is 1. The Kier molecular flexibility index (Phi) is 3.62. The summed E-state index contributed by atoms with van der Waals surface area (Å²) >= 11 is 12.7. The number of thiazole rings is 1. The fourth-order valence-corrected chi connectivity index (χ4v) is 3.23. The average molecular weight is 328 g/mol. The normalized spacial score (nSPS) is 11.3. The van der Waals surface area contributed by atoms with Gasteiger partial charge in [0.2, 0.25) is 0 Å². The van der Waals surface area contributed by atoms with Crippen LogP contribution in [0.5, 0.6) is 0 Å². The van der Waals surface area contributed by atoms with Gasteiger partial charge in [0.1, 0.15) is 5.82 Å². The van der Waals surface area contributed by atoms with Gasteiger partial charge in [-0.15, -0.1) is 11.3 Å². The Morgan fingerprint density at radius 1 is 1.50 bits per heavy atom. The van der Waals surface area contributed by atoms with Crippen molar-refractivity contribution >= 4 is 46.2 Å². The number of fused-ring (bicyclic) bond motifs is 1. The van der Waals surface area contributed by atoms with Gasteiger partial charge in [-0.1, -0.05) is 11.6 Å². The van der Waals surface area contributed by atoms with E-state index in [9.17, 15) is 4.39 Å². The second-order valence-electron chi connectivity index (χ2n) is 4.47. The fraction of sp³-hybridized carbons (Fsp3) is 0.231. The fourth-order valence-electron chi connectivity index (χ4n) is 2.12. The Morgan fingerprint density at radius 2 is 2.30 bits per heavy atom. The van der Waals surface area contributed by atoms with Crippen LogP contribution in [0, 0.1) is 17.5 Å². The summed E-state index contributed by atoms with van der Waals surface area (Å²) in [6.45, 7) is 2.63. The van der Waals surface area contributed by atoms with Crippen LogP contribution in [-0.4, -0.2) is 14.5 Å². The lowest BCUT2D eigenvalue weighted by atomic mass is 10.3. The molecule has 0 unspecified atom stereocenters. The number of hydrogen-bond acceptors (Lipinski definition) is 3. The van der Waals surface area contributed by atoms with E-state index in [2.05, 4.69) is 9.97 Å². The molecule has 3 rings (SSSR count). The standard InChI is InChI=1S/C13H11ClFN3S2/c1-7-16-8(6-20-7)2-3-18-12-5-10(15)9(14)4-11(12)17-13(18)19/h4-6H,2-3H2,1H3,(H,17,19). The van der Waals surface area contributed by atoms with Crippen molar-refractivity contribution in [3.05, 3.63) is 43.8 Å². The predicted octanol–water partition coefficient (Wildman–Crippen LogP) is 4.50. The number of benzene rings is 1. The van der Waals surface area contributed by atoms with E-state index in [1.165, 1.54) is 6.07 Å². The van der Waals surface area contributed by atoms with Gasteiger partial charge in [0, 0.05) is 24.4 Å². The number of halogens is 2. The molecule has 0 atom stereocenters. The molecule has 0 saturated heterocycles. The van der Waals surface area contributed by atoms with Gasteiger partial charge in [-0.05, 0) is 25.2 Å². The first-order chi connectivity index (χ1) is 9.54. The maximum absolute atomic E-state index is 13.6. The van der Waals surface area contributed by atoms with Gasteiger partial charge in [-0.2, -0.15) is 0 Å². The summed E-state index contributed by atoms with van der Waals surface area (Å²) in [7, 11) is 0. The molecule has 2 heterocycles. The third-order valence-corrected chi connectivity index (χ3v) is 4.51. The van der Waals surface area contributed by atoms with Gasteiger partial charge in [-0.25, -0.2) is 9.37 Å². The van der Waals surface area contributed by atoms with E-state index in [-0.39, 0.29) is 5.02 Å². The first-order valence-corrected chi connectivity index (χ1v) is 7.70. The van der Waals surface area contributed by atoms with Crippen LogP contribution in [0.1, 0.15) is 10.7 Å². The van der Waals surface area contributed by atoms with Crippen LogP contribution >= 0.6 is 35.2 Å². The number of nitrogens with zero attached hydrogens (tertiary/aromatic N) is 2. The van der Waals surface area contributed by atoms with Gasteiger partial charge in [0.15, 0.2) is 4.77 Å². The zero-order valence-electron chi connectivity index (χ0n) is 10.6. The van der Waals surface area contributed by atoms with E-state index < -0.39 is 5.82 Å². The third kappa shape index (κ3) is 2.51. The van der Waals surface area contributed by atoms with Gasteiger partial charge in [0.25, 0.3) is 0 Å². The summed E-state index contributed by atoms with van der Waals surface area (Å²) in [4.78, 5) is 7.46. The minimum Gasteiger partial charge on any atom is -0.331 e. The topological polar surface area (TPSA) is 33.6 Å². The molecule has 0 radical (unpaired) electrons. The Morgan fingerprint density at radius 3 is 3.00 bits per heavy atom. The van der Waals surface area contributed by atoms with Crippen molar-refractivity contribution in [2.24, 2.45) is 0 Å². The monoisotopic (exact) mass is 327 g/mol. The molecule has 0 aliphatic heterocycles. The molecule has 0 amide bonds. The van der Waals surface area contributed by atoms with Crippen molar-refractivity contribution < 1.29 is 4.39 Å². The molecule has 0 aliphatic carbocycles. The molecule has 1 N–H and O–H groups in total. The third-order valence-electron chi connectivity index (χ3n) is 3.07. The van der Waals surface area contributed by atoms with E-state index >= 15 is 0 Å². The summed E-state index contributed by atoms with van der Waals surface area (Å²) in [5.41, 5.74) is 2.50. The van der Waals surface area contributed by atoms with Crippen molar-refractivity contribution in [3.8, 4) is 0 Å². The molecule has 20 heavy (non-hydrogen) atoms. The molecule has 0 saturated carbocycles. The number of aromatic amines is 1. The summed E-state index contributed by atoms with van der Waals surface area (Å²) in [5.74, 6) is -0.439. The molecule has 0 aliphatic rings. The van der Waals surface area contributed by atoms with E-state index in [1.807, 2.05) is 16.9 Å². The summed E-state index contributed by atoms with van der Waals surface area (Å²) in [6, 6.07) is 2.97. The molecule has 3 aromatic rings. The van der Waals surface area contributed by atoms with Crippen molar-refractivity contribution in [1.82, 2.24) is 14.5 Å². The zero-order valence-corrected chi connectivity index (χ0v) is 13.0. The number of aromatic nitrogens is 3. The van der Waals surface area contributed by atoms with Gasteiger partial charge < -0.3 is 9.55 Å². The van der Waals surface area contributed by atoms with Crippen LogP contribution in [0.25, 0.3) is 11.0 Å². The van der Waals surface area contributed by atoms with Crippen LogP contribution in [0.15, 0.2) is 17.5 Å². The molecular weight excluding hydrogens is 317 g/mol. The Bertz CT molecular complexity index is 834. The van der Waals surface area contributed by atoms with Crippen molar-refractivity contribution in [2.45, 2.75) is 19.9 Å². The van der Waals surface area contributed by atoms with Crippen LogP contribution in [-0.2, 0) is 13.0 Å². The van der Waals surface area contributed by atoms with Crippen LogP contribution in [0.4, 0.5) is 4.39 Å². The lowest BCUT2D eigenvalue weighted by Crippen LogP contribution is -2.02. The Hall–Kier alpha value is -1.24. The van der Waals surface area contributed by atoms with Gasteiger partial charge >= 0.3 is 0 Å². The summed E-state index contributed by atoms with van der Waals surface area (Å²) in [5, 5.41) is 3.17. The molecule has 2 aromatic heterocycles. The van der Waals surface area contributed by atoms with Crippen LogP contribution < -0.4 is 0 Å². The highest BCUT2D eigenvalue weighted by molar-refractivity contribution is 7.71. The average Bonchev–Trinajstić information content (AvgIpc) is 2.92. The number of imidazole rings is 1. The number of hydrogen-bond donors (Lipinski definition) is 1. The quantitative estimate of drug-likeness (QED) is 0.719. The Balaban J connectivity index is 1.96. The van der Waals surface area contributed by atoms with Gasteiger partial charge in [-0.3, -0.25) is 0 Å².